The number of fused-ring (bicyclic) bond motifs is 1. The van der Waals surface area contributed by atoms with Crippen LogP contribution in [0, 0.1) is 0 Å². The molecule has 5 nitrogen and oxygen atoms in total. The summed E-state index contributed by atoms with van der Waals surface area (Å²) in [5, 5.41) is 1.95. The topological polar surface area (TPSA) is 68.4 Å². The molecule has 0 atom stereocenters. The first kappa shape index (κ1) is 12.7. The third-order valence-electron chi connectivity index (χ3n) is 3.73. The number of aromatic nitrogens is 1. The molecule has 104 valence electrons. The molecule has 1 fully saturated rings. The van der Waals surface area contributed by atoms with E-state index in [0.717, 1.165) is 29.7 Å². The number of carbonyl (C=O) groups is 1. The van der Waals surface area contributed by atoms with Crippen LogP contribution in [0.15, 0.2) is 24.4 Å². The van der Waals surface area contributed by atoms with Crippen LogP contribution in [0.25, 0.3) is 10.8 Å². The fraction of sp³-hybridized carbons (Fsp3) is 0.333. The summed E-state index contributed by atoms with van der Waals surface area (Å²) in [5.41, 5.74) is 5.80. The van der Waals surface area contributed by atoms with Crippen LogP contribution >= 0.6 is 0 Å². The number of primary amides is 1. The third kappa shape index (κ3) is 2.05. The maximum Gasteiger partial charge on any atom is 0.252 e. The zero-order valence-corrected chi connectivity index (χ0v) is 11.4. The van der Waals surface area contributed by atoms with Gasteiger partial charge in [-0.1, -0.05) is 0 Å². The summed E-state index contributed by atoms with van der Waals surface area (Å²) in [5.74, 6) is 0.969. The maximum atomic E-state index is 11.5. The smallest absolute Gasteiger partial charge is 0.252 e. The van der Waals surface area contributed by atoms with Crippen LogP contribution in [-0.4, -0.2) is 31.1 Å². The number of hydrogen-bond acceptors (Lipinski definition) is 4. The van der Waals surface area contributed by atoms with E-state index in [4.69, 9.17) is 10.5 Å². The molecule has 1 aliphatic rings. The number of methoxy groups -OCH3 is 1. The number of nitrogens with zero attached hydrogens (tertiary/aromatic N) is 2. The van der Waals surface area contributed by atoms with Gasteiger partial charge in [0.15, 0.2) is 0 Å². The molecule has 20 heavy (non-hydrogen) atoms. The number of hydrogen-bond donors (Lipinski definition) is 1. The molecule has 3 rings (SSSR count). The van der Waals surface area contributed by atoms with Crippen LogP contribution in [-0.2, 0) is 0 Å². The van der Waals surface area contributed by atoms with Crippen LogP contribution < -0.4 is 15.4 Å². The van der Waals surface area contributed by atoms with E-state index in [1.54, 1.807) is 19.4 Å². The Morgan fingerprint density at radius 1 is 1.35 bits per heavy atom. The van der Waals surface area contributed by atoms with Crippen LogP contribution in [0.1, 0.15) is 23.2 Å². The molecule has 0 spiro atoms. The fourth-order valence-corrected chi connectivity index (χ4v) is 2.73. The van der Waals surface area contributed by atoms with Crippen molar-refractivity contribution < 1.29 is 9.53 Å². The van der Waals surface area contributed by atoms with Crippen molar-refractivity contribution in [2.24, 2.45) is 5.73 Å². The maximum absolute atomic E-state index is 11.5. The molecule has 0 saturated carbocycles. The summed E-state index contributed by atoms with van der Waals surface area (Å²) in [6, 6.07) is 5.52. The molecule has 2 aromatic rings. The van der Waals surface area contributed by atoms with E-state index in [1.807, 2.05) is 12.1 Å². The highest BCUT2D eigenvalue weighted by Crippen LogP contribution is 2.32. The molecule has 2 N–H and O–H groups in total. The molecule has 1 amide bonds. The second-order valence-electron chi connectivity index (χ2n) is 4.97. The quantitative estimate of drug-likeness (QED) is 0.926. The lowest BCUT2D eigenvalue weighted by Gasteiger charge is -2.19. The van der Waals surface area contributed by atoms with Crippen molar-refractivity contribution in [3.8, 4) is 5.75 Å². The molecule has 0 aliphatic carbocycles. The van der Waals surface area contributed by atoms with Gasteiger partial charge in [-0.2, -0.15) is 0 Å². The van der Waals surface area contributed by atoms with Gasteiger partial charge in [0, 0.05) is 24.7 Å². The number of amides is 1. The first-order valence-corrected chi connectivity index (χ1v) is 6.72. The van der Waals surface area contributed by atoms with Crippen LogP contribution in [0.5, 0.6) is 5.75 Å². The molecule has 0 radical (unpaired) electrons. The zero-order valence-electron chi connectivity index (χ0n) is 11.4. The summed E-state index contributed by atoms with van der Waals surface area (Å²) in [6.45, 7) is 2.04. The number of nitrogens with two attached hydrogens (primary N) is 1. The molecule has 5 heteroatoms. The Morgan fingerprint density at radius 3 is 2.75 bits per heavy atom. The highest BCUT2D eigenvalue weighted by molar-refractivity contribution is 6.03. The lowest BCUT2D eigenvalue weighted by Crippen LogP contribution is -2.19. The minimum atomic E-state index is -0.483. The molecular formula is C15H17N3O2. The zero-order chi connectivity index (χ0) is 14.1. The van der Waals surface area contributed by atoms with Gasteiger partial charge >= 0.3 is 0 Å². The van der Waals surface area contributed by atoms with Gasteiger partial charge in [-0.3, -0.25) is 4.79 Å². The van der Waals surface area contributed by atoms with Gasteiger partial charge in [-0.15, -0.1) is 0 Å². The predicted molar refractivity (Wildman–Crippen MR) is 78.3 cm³/mol. The molecular weight excluding hydrogens is 254 g/mol. The second-order valence-corrected chi connectivity index (χ2v) is 4.97. The van der Waals surface area contributed by atoms with Crippen molar-refractivity contribution in [3.63, 3.8) is 0 Å². The van der Waals surface area contributed by atoms with Crippen molar-refractivity contribution in [3.05, 3.63) is 30.0 Å². The van der Waals surface area contributed by atoms with Crippen molar-refractivity contribution in [1.29, 1.82) is 0 Å². The summed E-state index contributed by atoms with van der Waals surface area (Å²) in [6.07, 6.45) is 4.15. The first-order chi connectivity index (χ1) is 9.70. The highest BCUT2D eigenvalue weighted by Gasteiger charge is 2.18. The van der Waals surface area contributed by atoms with E-state index in [-0.39, 0.29) is 0 Å². The van der Waals surface area contributed by atoms with Gasteiger partial charge < -0.3 is 15.4 Å². The SMILES string of the molecule is COc1cc2c(N3CCCC3)nccc2cc1C(N)=O. The van der Waals surface area contributed by atoms with Crippen molar-refractivity contribution in [2.45, 2.75) is 12.8 Å². The summed E-state index contributed by atoms with van der Waals surface area (Å²) >= 11 is 0. The molecule has 1 saturated heterocycles. The van der Waals surface area contributed by atoms with Crippen molar-refractivity contribution >= 4 is 22.5 Å². The Hall–Kier alpha value is -2.30. The Morgan fingerprint density at radius 2 is 2.10 bits per heavy atom. The third-order valence-corrected chi connectivity index (χ3v) is 3.73. The van der Waals surface area contributed by atoms with Crippen LogP contribution in [0.3, 0.4) is 0 Å². The van der Waals surface area contributed by atoms with E-state index in [0.29, 0.717) is 11.3 Å². The second kappa shape index (κ2) is 5.00. The number of ether oxygens (including phenoxy) is 1. The van der Waals surface area contributed by atoms with Gasteiger partial charge in [0.2, 0.25) is 0 Å². The average molecular weight is 271 g/mol. The predicted octanol–water partition coefficient (Wildman–Crippen LogP) is 1.94. The summed E-state index contributed by atoms with van der Waals surface area (Å²) in [4.78, 5) is 18.2. The van der Waals surface area contributed by atoms with Crippen LogP contribution in [0.2, 0.25) is 0 Å². The van der Waals surface area contributed by atoms with Crippen molar-refractivity contribution in [2.75, 3.05) is 25.1 Å². The molecule has 0 unspecified atom stereocenters. The highest BCUT2D eigenvalue weighted by atomic mass is 16.5. The average Bonchev–Trinajstić information content (AvgIpc) is 2.99. The lowest BCUT2D eigenvalue weighted by atomic mass is 10.1. The van der Waals surface area contributed by atoms with Gasteiger partial charge in [0.05, 0.1) is 12.7 Å². The van der Waals surface area contributed by atoms with E-state index in [1.165, 1.54) is 12.8 Å². The van der Waals surface area contributed by atoms with Gasteiger partial charge in [0.25, 0.3) is 5.91 Å². The van der Waals surface area contributed by atoms with E-state index >= 15 is 0 Å². The Kier molecular flexibility index (Phi) is 3.18. The standard InChI is InChI=1S/C15H17N3O2/c1-20-13-9-11-10(8-12(13)14(16)19)4-5-17-15(11)18-6-2-3-7-18/h4-5,8-9H,2-3,6-7H2,1H3,(H2,16,19). The Bertz CT molecular complexity index is 663. The largest absolute Gasteiger partial charge is 0.496 e. The number of carbonyl (C=O) groups excluding carboxylic acids is 1. The summed E-state index contributed by atoms with van der Waals surface area (Å²) in [7, 11) is 1.54. The number of anilines is 1. The van der Waals surface area contributed by atoms with E-state index in [2.05, 4.69) is 9.88 Å². The minimum Gasteiger partial charge on any atom is -0.496 e. The monoisotopic (exact) mass is 271 g/mol. The number of benzene rings is 1. The molecule has 1 aromatic heterocycles. The van der Waals surface area contributed by atoms with Crippen LogP contribution in [0.4, 0.5) is 5.82 Å². The van der Waals surface area contributed by atoms with Gasteiger partial charge in [-0.05, 0) is 36.4 Å². The van der Waals surface area contributed by atoms with Gasteiger partial charge in [-0.25, -0.2) is 4.98 Å². The van der Waals surface area contributed by atoms with Gasteiger partial charge in [0.1, 0.15) is 11.6 Å². The Labute approximate surface area is 117 Å². The number of rotatable bonds is 3. The van der Waals surface area contributed by atoms with E-state index in [9.17, 15) is 4.79 Å². The minimum absolute atomic E-state index is 0.401. The number of pyridine rings is 1. The van der Waals surface area contributed by atoms with Crippen molar-refractivity contribution in [1.82, 2.24) is 4.98 Å². The fourth-order valence-electron chi connectivity index (χ4n) is 2.73. The molecule has 0 bridgehead atoms. The van der Waals surface area contributed by atoms with E-state index < -0.39 is 5.91 Å². The summed E-state index contributed by atoms with van der Waals surface area (Å²) < 4.78 is 5.29. The normalized spacial score (nSPS) is 14.8. The lowest BCUT2D eigenvalue weighted by molar-refractivity contribution is 0.0997. The molecule has 2 heterocycles. The molecule has 1 aliphatic heterocycles. The molecule has 1 aromatic carbocycles. The first-order valence-electron chi connectivity index (χ1n) is 6.72. The Balaban J connectivity index is 2.20.